The Labute approximate surface area is 110 Å². The Morgan fingerprint density at radius 2 is 2.28 bits per heavy atom. The lowest BCUT2D eigenvalue weighted by Gasteiger charge is -2.14. The van der Waals surface area contributed by atoms with Crippen LogP contribution in [0.15, 0.2) is 12.4 Å². The summed E-state index contributed by atoms with van der Waals surface area (Å²) in [7, 11) is 0. The fourth-order valence-corrected chi connectivity index (χ4v) is 2.64. The van der Waals surface area contributed by atoms with Gasteiger partial charge in [0.15, 0.2) is 0 Å². The maximum Gasteiger partial charge on any atom is 0.435 e. The molecule has 1 aliphatic rings. The van der Waals surface area contributed by atoms with Crippen LogP contribution in [0.3, 0.4) is 0 Å². The Bertz CT molecular complexity index is 391. The summed E-state index contributed by atoms with van der Waals surface area (Å²) < 4.78 is 4.74. The predicted molar refractivity (Wildman–Crippen MR) is 70.1 cm³/mol. The summed E-state index contributed by atoms with van der Waals surface area (Å²) >= 11 is 1.47. The molecule has 7 nitrogen and oxygen atoms in total. The van der Waals surface area contributed by atoms with Crippen molar-refractivity contribution < 1.29 is 4.92 Å². The minimum atomic E-state index is -0.467. The van der Waals surface area contributed by atoms with Crippen LogP contribution < -0.4 is 4.72 Å². The Morgan fingerprint density at radius 1 is 1.50 bits per heavy atom. The molecule has 1 aromatic rings. The number of nitrogens with one attached hydrogen (secondary N) is 1. The fraction of sp³-hybridized carbons (Fsp3) is 0.700. The Kier molecular flexibility index (Phi) is 4.97. The maximum atomic E-state index is 10.6. The highest BCUT2D eigenvalue weighted by atomic mass is 32.2. The van der Waals surface area contributed by atoms with Crippen LogP contribution in [0, 0.1) is 10.1 Å². The minimum Gasteiger partial charge on any atom is -0.390 e. The number of hydrogen-bond donors (Lipinski definition) is 1. The first-order valence-corrected chi connectivity index (χ1v) is 6.98. The van der Waals surface area contributed by atoms with E-state index < -0.39 is 4.92 Å². The molecular formula is C10H17N5O2S. The third kappa shape index (κ3) is 3.69. The van der Waals surface area contributed by atoms with Crippen molar-refractivity contribution in [2.45, 2.75) is 18.7 Å². The molecule has 2 rings (SSSR count). The third-order valence-electron chi connectivity index (χ3n) is 2.89. The number of aromatic nitrogens is 2. The van der Waals surface area contributed by atoms with Crippen LogP contribution >= 0.6 is 11.9 Å². The molecule has 0 unspecified atom stereocenters. The lowest BCUT2D eigenvalue weighted by molar-refractivity contribution is -0.396. The molecular weight excluding hydrogens is 254 g/mol. The van der Waals surface area contributed by atoms with Crippen LogP contribution in [0.2, 0.25) is 0 Å². The summed E-state index contributed by atoms with van der Waals surface area (Å²) in [6.45, 7) is 4.32. The molecule has 0 spiro atoms. The van der Waals surface area contributed by atoms with Gasteiger partial charge in [0.05, 0.1) is 0 Å². The molecule has 0 bridgehead atoms. The van der Waals surface area contributed by atoms with Crippen molar-refractivity contribution in [3.63, 3.8) is 0 Å². The van der Waals surface area contributed by atoms with E-state index in [0.717, 1.165) is 13.1 Å². The van der Waals surface area contributed by atoms with Crippen molar-refractivity contribution in [3.8, 4) is 0 Å². The van der Waals surface area contributed by atoms with Crippen LogP contribution in [0.1, 0.15) is 12.8 Å². The summed E-state index contributed by atoms with van der Waals surface area (Å²) in [5.41, 5.74) is 0. The summed E-state index contributed by atoms with van der Waals surface area (Å²) in [6, 6.07) is 0. The van der Waals surface area contributed by atoms with E-state index in [1.54, 1.807) is 6.20 Å². The van der Waals surface area contributed by atoms with E-state index >= 15 is 0 Å². The van der Waals surface area contributed by atoms with Crippen molar-refractivity contribution in [1.82, 2.24) is 19.2 Å². The van der Waals surface area contributed by atoms with Gasteiger partial charge in [-0.05, 0) is 42.8 Å². The highest BCUT2D eigenvalue weighted by molar-refractivity contribution is 7.96. The number of rotatable bonds is 7. The van der Waals surface area contributed by atoms with Crippen molar-refractivity contribution in [1.29, 1.82) is 0 Å². The number of nitrogens with zero attached hydrogens (tertiary/aromatic N) is 4. The molecule has 0 saturated carbocycles. The molecule has 1 fully saturated rings. The van der Waals surface area contributed by atoms with Crippen molar-refractivity contribution in [3.05, 3.63) is 22.5 Å². The molecule has 0 radical (unpaired) electrons. The average Bonchev–Trinajstić information content (AvgIpc) is 2.98. The molecule has 0 atom stereocenters. The van der Waals surface area contributed by atoms with Crippen LogP contribution in [-0.4, -0.2) is 45.6 Å². The highest BCUT2D eigenvalue weighted by Crippen LogP contribution is 2.11. The topological polar surface area (TPSA) is 76.2 Å². The van der Waals surface area contributed by atoms with Crippen molar-refractivity contribution in [2.24, 2.45) is 0 Å². The zero-order valence-electron chi connectivity index (χ0n) is 10.1. The summed E-state index contributed by atoms with van der Waals surface area (Å²) in [5, 5.41) is 10.6. The van der Waals surface area contributed by atoms with E-state index in [4.69, 9.17) is 0 Å². The molecule has 18 heavy (non-hydrogen) atoms. The second kappa shape index (κ2) is 6.72. The van der Waals surface area contributed by atoms with Gasteiger partial charge in [0, 0.05) is 13.1 Å². The van der Waals surface area contributed by atoms with Crippen LogP contribution in [0.4, 0.5) is 5.95 Å². The number of hydrogen-bond acceptors (Lipinski definition) is 6. The molecule has 2 heterocycles. The average molecular weight is 271 g/mol. The standard InChI is InChI=1S/C10H17N5O2S/c16-15(17)10-11-3-8-14(10)9-18-12-4-7-13-5-1-2-6-13/h3,8,12H,1-2,4-7,9H2. The number of likely N-dealkylation sites (tertiary alicyclic amines) is 1. The Morgan fingerprint density at radius 3 is 3.00 bits per heavy atom. The van der Waals surface area contributed by atoms with E-state index in [1.165, 1.54) is 48.6 Å². The zero-order valence-corrected chi connectivity index (χ0v) is 10.9. The molecule has 0 amide bonds. The van der Waals surface area contributed by atoms with Crippen molar-refractivity contribution >= 4 is 17.9 Å². The molecule has 0 aliphatic carbocycles. The Balaban J connectivity index is 1.62. The van der Waals surface area contributed by atoms with Gasteiger partial charge >= 0.3 is 5.95 Å². The van der Waals surface area contributed by atoms with E-state index in [9.17, 15) is 10.1 Å². The van der Waals surface area contributed by atoms with Gasteiger partial charge < -0.3 is 15.0 Å². The molecule has 1 aliphatic heterocycles. The second-order valence-electron chi connectivity index (χ2n) is 4.17. The molecule has 0 aromatic carbocycles. The SMILES string of the molecule is O=[N+]([O-])c1nccn1CSNCCN1CCCC1. The first-order chi connectivity index (χ1) is 8.77. The fourth-order valence-electron chi connectivity index (χ4n) is 1.97. The first-order valence-electron chi connectivity index (χ1n) is 6.00. The lowest BCUT2D eigenvalue weighted by Crippen LogP contribution is -2.27. The number of nitro groups is 1. The van der Waals surface area contributed by atoms with Crippen molar-refractivity contribution in [2.75, 3.05) is 26.2 Å². The molecule has 1 N–H and O–H groups in total. The predicted octanol–water partition coefficient (Wildman–Crippen LogP) is 1.08. The van der Waals surface area contributed by atoms with E-state index in [0.29, 0.717) is 5.88 Å². The van der Waals surface area contributed by atoms with Gasteiger partial charge in [0.1, 0.15) is 18.3 Å². The van der Waals surface area contributed by atoms with Gasteiger partial charge in [0.2, 0.25) is 0 Å². The van der Waals surface area contributed by atoms with Crippen LogP contribution in [0.25, 0.3) is 0 Å². The quantitative estimate of drug-likeness (QED) is 0.346. The highest BCUT2D eigenvalue weighted by Gasteiger charge is 2.13. The molecule has 8 heteroatoms. The lowest BCUT2D eigenvalue weighted by atomic mass is 10.4. The third-order valence-corrected chi connectivity index (χ3v) is 3.71. The summed E-state index contributed by atoms with van der Waals surface area (Å²) in [4.78, 5) is 16.3. The smallest absolute Gasteiger partial charge is 0.390 e. The van der Waals surface area contributed by atoms with Gasteiger partial charge in [-0.15, -0.1) is 0 Å². The Hall–Kier alpha value is -1.12. The molecule has 1 saturated heterocycles. The normalized spacial score (nSPS) is 16.2. The number of imidazole rings is 1. The molecule has 1 aromatic heterocycles. The van der Waals surface area contributed by atoms with Gasteiger partial charge in [0.25, 0.3) is 0 Å². The maximum absolute atomic E-state index is 10.6. The van der Waals surface area contributed by atoms with Gasteiger partial charge in [-0.25, -0.2) is 4.57 Å². The van der Waals surface area contributed by atoms with E-state index in [-0.39, 0.29) is 5.95 Å². The summed E-state index contributed by atoms with van der Waals surface area (Å²) in [5.74, 6) is 0.389. The van der Waals surface area contributed by atoms with E-state index in [2.05, 4.69) is 14.6 Å². The van der Waals surface area contributed by atoms with E-state index in [1.807, 2.05) is 0 Å². The zero-order chi connectivity index (χ0) is 12.8. The largest absolute Gasteiger partial charge is 0.435 e. The molecule has 100 valence electrons. The second-order valence-corrected chi connectivity index (χ2v) is 5.01. The summed E-state index contributed by atoms with van der Waals surface area (Å²) in [6.07, 6.45) is 5.67. The minimum absolute atomic E-state index is 0.108. The van der Waals surface area contributed by atoms with Gasteiger partial charge in [-0.3, -0.25) is 4.72 Å². The monoisotopic (exact) mass is 271 g/mol. The van der Waals surface area contributed by atoms with Crippen LogP contribution in [-0.2, 0) is 5.88 Å². The van der Waals surface area contributed by atoms with Gasteiger partial charge in [-0.1, -0.05) is 4.98 Å². The van der Waals surface area contributed by atoms with Gasteiger partial charge in [-0.2, -0.15) is 0 Å². The van der Waals surface area contributed by atoms with Crippen LogP contribution in [0.5, 0.6) is 0 Å². The first kappa shape index (κ1) is 13.3.